The van der Waals surface area contributed by atoms with Crippen molar-refractivity contribution < 1.29 is 5.11 Å². The van der Waals surface area contributed by atoms with E-state index in [1.54, 1.807) is 0 Å². The maximum Gasteiger partial charge on any atom is 0.136 e. The van der Waals surface area contributed by atoms with Crippen LogP contribution in [-0.2, 0) is 0 Å². The van der Waals surface area contributed by atoms with Gasteiger partial charge >= 0.3 is 0 Å². The molecule has 1 aromatic rings. The molecular weight excluding hydrogens is 252 g/mol. The number of rotatable bonds is 4. The molecule has 5 nitrogen and oxygen atoms in total. The highest BCUT2D eigenvalue weighted by molar-refractivity contribution is 5.50. The van der Waals surface area contributed by atoms with Crippen molar-refractivity contribution in [2.24, 2.45) is 0 Å². The van der Waals surface area contributed by atoms with E-state index in [2.05, 4.69) is 22.1 Å². The molecule has 0 radical (unpaired) electrons. The normalized spacial score (nSPS) is 21.9. The van der Waals surface area contributed by atoms with E-state index in [0.717, 1.165) is 49.9 Å². The monoisotopic (exact) mass is 276 g/mol. The van der Waals surface area contributed by atoms with Crippen LogP contribution in [0.5, 0.6) is 0 Å². The van der Waals surface area contributed by atoms with Crippen LogP contribution in [-0.4, -0.2) is 40.3 Å². The number of aromatic nitrogens is 2. The molecule has 20 heavy (non-hydrogen) atoms. The third kappa shape index (κ3) is 3.03. The highest BCUT2D eigenvalue weighted by Crippen LogP contribution is 2.39. The second kappa shape index (κ2) is 5.20. The van der Waals surface area contributed by atoms with Crippen molar-refractivity contribution >= 4 is 11.6 Å². The molecule has 2 N–H and O–H groups in total. The Bertz CT molecular complexity index is 475. The summed E-state index contributed by atoms with van der Waals surface area (Å²) in [5, 5.41) is 13.4. The SMILES string of the molecule is CCNc1cc(N2CCC(C)(O)CC2)nc(C2CC2)n1. The van der Waals surface area contributed by atoms with Gasteiger partial charge in [0.15, 0.2) is 0 Å². The van der Waals surface area contributed by atoms with Crippen LogP contribution in [0.1, 0.15) is 51.3 Å². The molecule has 1 aliphatic carbocycles. The van der Waals surface area contributed by atoms with Gasteiger partial charge in [0.1, 0.15) is 17.5 Å². The number of nitrogens with one attached hydrogen (secondary N) is 1. The maximum absolute atomic E-state index is 10.1. The molecular formula is C15H24N4O. The number of nitrogens with zero attached hydrogens (tertiary/aromatic N) is 3. The smallest absolute Gasteiger partial charge is 0.136 e. The van der Waals surface area contributed by atoms with E-state index in [0.29, 0.717) is 5.92 Å². The molecule has 110 valence electrons. The third-order valence-corrected chi connectivity index (χ3v) is 4.19. The Labute approximate surface area is 120 Å². The molecule has 0 unspecified atom stereocenters. The first-order valence-electron chi connectivity index (χ1n) is 7.67. The Kier molecular flexibility index (Phi) is 3.54. The first-order valence-corrected chi connectivity index (χ1v) is 7.67. The van der Waals surface area contributed by atoms with Crippen molar-refractivity contribution in [2.45, 2.75) is 51.0 Å². The zero-order chi connectivity index (χ0) is 14.2. The van der Waals surface area contributed by atoms with Gasteiger partial charge in [-0.15, -0.1) is 0 Å². The summed E-state index contributed by atoms with van der Waals surface area (Å²) in [4.78, 5) is 11.6. The van der Waals surface area contributed by atoms with Crippen LogP contribution in [0.25, 0.3) is 0 Å². The van der Waals surface area contributed by atoms with Gasteiger partial charge in [-0.05, 0) is 39.5 Å². The van der Waals surface area contributed by atoms with E-state index in [1.165, 1.54) is 12.8 Å². The van der Waals surface area contributed by atoms with Crippen molar-refractivity contribution in [1.82, 2.24) is 9.97 Å². The van der Waals surface area contributed by atoms with Crippen LogP contribution in [0.3, 0.4) is 0 Å². The lowest BCUT2D eigenvalue weighted by Gasteiger charge is -2.36. The van der Waals surface area contributed by atoms with E-state index < -0.39 is 5.60 Å². The zero-order valence-corrected chi connectivity index (χ0v) is 12.4. The van der Waals surface area contributed by atoms with Crippen molar-refractivity contribution in [1.29, 1.82) is 0 Å². The third-order valence-electron chi connectivity index (χ3n) is 4.19. The summed E-state index contributed by atoms with van der Waals surface area (Å²) < 4.78 is 0. The molecule has 1 aliphatic heterocycles. The van der Waals surface area contributed by atoms with Gasteiger partial charge in [-0.25, -0.2) is 9.97 Å². The number of aliphatic hydroxyl groups is 1. The van der Waals surface area contributed by atoms with E-state index in [-0.39, 0.29) is 0 Å². The maximum atomic E-state index is 10.1. The molecule has 1 aromatic heterocycles. The number of hydrogen-bond donors (Lipinski definition) is 2. The quantitative estimate of drug-likeness (QED) is 0.882. The topological polar surface area (TPSA) is 61.3 Å². The fraction of sp³-hybridized carbons (Fsp3) is 0.733. The van der Waals surface area contributed by atoms with Crippen LogP contribution in [0.15, 0.2) is 6.07 Å². The summed E-state index contributed by atoms with van der Waals surface area (Å²) in [7, 11) is 0. The highest BCUT2D eigenvalue weighted by Gasteiger charge is 2.30. The Morgan fingerprint density at radius 1 is 1.35 bits per heavy atom. The van der Waals surface area contributed by atoms with Crippen molar-refractivity contribution in [2.75, 3.05) is 29.9 Å². The minimum atomic E-state index is -0.520. The van der Waals surface area contributed by atoms with Crippen LogP contribution in [0.4, 0.5) is 11.6 Å². The summed E-state index contributed by atoms with van der Waals surface area (Å²) in [6.45, 7) is 6.59. The summed E-state index contributed by atoms with van der Waals surface area (Å²) in [5.74, 6) is 3.47. The van der Waals surface area contributed by atoms with Gasteiger partial charge in [0, 0.05) is 31.6 Å². The Morgan fingerprint density at radius 2 is 2.05 bits per heavy atom. The van der Waals surface area contributed by atoms with Gasteiger partial charge in [-0.2, -0.15) is 0 Å². The molecule has 0 amide bonds. The lowest BCUT2D eigenvalue weighted by molar-refractivity contribution is 0.0350. The lowest BCUT2D eigenvalue weighted by atomic mass is 9.94. The number of piperidine rings is 1. The second-order valence-corrected chi connectivity index (χ2v) is 6.26. The molecule has 2 fully saturated rings. The summed E-state index contributed by atoms with van der Waals surface area (Å²) in [6.07, 6.45) is 4.02. The number of anilines is 2. The van der Waals surface area contributed by atoms with Gasteiger partial charge in [0.25, 0.3) is 0 Å². The Balaban J connectivity index is 1.81. The molecule has 0 atom stereocenters. The van der Waals surface area contributed by atoms with Crippen LogP contribution in [0, 0.1) is 0 Å². The highest BCUT2D eigenvalue weighted by atomic mass is 16.3. The van der Waals surface area contributed by atoms with Crippen LogP contribution >= 0.6 is 0 Å². The Morgan fingerprint density at radius 3 is 2.65 bits per heavy atom. The summed E-state index contributed by atoms with van der Waals surface area (Å²) >= 11 is 0. The van der Waals surface area contributed by atoms with E-state index in [4.69, 9.17) is 4.98 Å². The van der Waals surface area contributed by atoms with Gasteiger partial charge < -0.3 is 15.3 Å². The van der Waals surface area contributed by atoms with Gasteiger partial charge in [0.05, 0.1) is 5.60 Å². The number of hydrogen-bond acceptors (Lipinski definition) is 5. The van der Waals surface area contributed by atoms with Crippen LogP contribution < -0.4 is 10.2 Å². The van der Waals surface area contributed by atoms with Crippen molar-refractivity contribution in [3.05, 3.63) is 11.9 Å². The molecule has 0 bridgehead atoms. The average Bonchev–Trinajstić information content (AvgIpc) is 3.23. The fourth-order valence-electron chi connectivity index (χ4n) is 2.63. The average molecular weight is 276 g/mol. The summed E-state index contributed by atoms with van der Waals surface area (Å²) in [6, 6.07) is 2.04. The standard InChI is InChI=1S/C15H24N4O/c1-3-16-12-10-13(18-14(17-12)11-4-5-11)19-8-6-15(2,20)7-9-19/h10-11,20H,3-9H2,1-2H3,(H,16,17,18). The first kappa shape index (κ1) is 13.6. The molecule has 1 saturated heterocycles. The van der Waals surface area contributed by atoms with Gasteiger partial charge in [-0.1, -0.05) is 0 Å². The zero-order valence-electron chi connectivity index (χ0n) is 12.4. The molecule has 0 spiro atoms. The van der Waals surface area contributed by atoms with Crippen molar-refractivity contribution in [3.63, 3.8) is 0 Å². The van der Waals surface area contributed by atoms with Gasteiger partial charge in [0.2, 0.25) is 0 Å². The first-order chi connectivity index (χ1) is 9.57. The van der Waals surface area contributed by atoms with Crippen LogP contribution in [0.2, 0.25) is 0 Å². The Hall–Kier alpha value is -1.36. The lowest BCUT2D eigenvalue weighted by Crippen LogP contribution is -2.42. The largest absolute Gasteiger partial charge is 0.390 e. The molecule has 1 saturated carbocycles. The molecule has 0 aromatic carbocycles. The van der Waals surface area contributed by atoms with E-state index >= 15 is 0 Å². The minimum absolute atomic E-state index is 0.520. The predicted molar refractivity (Wildman–Crippen MR) is 80.2 cm³/mol. The minimum Gasteiger partial charge on any atom is -0.390 e. The molecule has 5 heteroatoms. The fourth-order valence-corrected chi connectivity index (χ4v) is 2.63. The van der Waals surface area contributed by atoms with E-state index in [1.807, 2.05) is 13.0 Å². The molecule has 3 rings (SSSR count). The van der Waals surface area contributed by atoms with Gasteiger partial charge in [-0.3, -0.25) is 0 Å². The molecule has 2 heterocycles. The predicted octanol–water partition coefficient (Wildman–Crippen LogP) is 2.14. The van der Waals surface area contributed by atoms with E-state index in [9.17, 15) is 5.11 Å². The summed E-state index contributed by atoms with van der Waals surface area (Å²) in [5.41, 5.74) is -0.520. The molecule has 2 aliphatic rings. The second-order valence-electron chi connectivity index (χ2n) is 6.26. The van der Waals surface area contributed by atoms with Crippen molar-refractivity contribution in [3.8, 4) is 0 Å².